The second kappa shape index (κ2) is 4.85. The molecule has 0 aromatic heterocycles. The Kier molecular flexibility index (Phi) is 3.19. The number of benzene rings is 1. The number of anilines is 2. The van der Waals surface area contributed by atoms with Crippen molar-refractivity contribution in [3.05, 3.63) is 23.8 Å². The summed E-state index contributed by atoms with van der Waals surface area (Å²) in [5.41, 5.74) is 9.51. The van der Waals surface area contributed by atoms with E-state index in [-0.39, 0.29) is 11.9 Å². The molecule has 1 aliphatic carbocycles. The van der Waals surface area contributed by atoms with Gasteiger partial charge in [0.1, 0.15) is 0 Å². The number of aryl methyl sites for hydroxylation is 1. The number of fused-ring (bicyclic) bond motifs is 1. The number of hydrogen-bond donors (Lipinski definition) is 2. The molecule has 3 N–H and O–H groups in total. The first-order valence-electron chi connectivity index (χ1n) is 7.07. The van der Waals surface area contributed by atoms with E-state index in [2.05, 4.69) is 17.4 Å². The van der Waals surface area contributed by atoms with Crippen LogP contribution in [-0.2, 0) is 11.2 Å². The minimum Gasteiger partial charge on any atom is -0.381 e. The Morgan fingerprint density at radius 1 is 1.32 bits per heavy atom. The molecule has 2 atom stereocenters. The number of nitrogens with one attached hydrogen (secondary N) is 1. The zero-order valence-electron chi connectivity index (χ0n) is 11.4. The third-order valence-electron chi connectivity index (χ3n) is 4.34. The molecule has 0 spiro atoms. The average molecular weight is 259 g/mol. The number of carbonyl (C=O) groups is 1. The Morgan fingerprint density at radius 2 is 2.16 bits per heavy atom. The van der Waals surface area contributed by atoms with Crippen molar-refractivity contribution in [1.29, 1.82) is 0 Å². The first kappa shape index (κ1) is 12.5. The van der Waals surface area contributed by atoms with Crippen LogP contribution >= 0.6 is 0 Å². The topological polar surface area (TPSA) is 58.4 Å². The van der Waals surface area contributed by atoms with E-state index in [1.54, 1.807) is 4.90 Å². The van der Waals surface area contributed by atoms with Crippen LogP contribution in [-0.4, -0.2) is 25.0 Å². The molecule has 1 saturated carbocycles. The van der Waals surface area contributed by atoms with Crippen molar-refractivity contribution >= 4 is 17.3 Å². The van der Waals surface area contributed by atoms with Gasteiger partial charge in [-0.25, -0.2) is 0 Å². The molecule has 1 aromatic rings. The molecule has 1 aromatic carbocycles. The molecule has 1 heterocycles. The molecule has 0 radical (unpaired) electrons. The highest BCUT2D eigenvalue weighted by atomic mass is 16.2. The van der Waals surface area contributed by atoms with Crippen LogP contribution < -0.4 is 16.0 Å². The second-order valence-corrected chi connectivity index (χ2v) is 5.64. The smallest absolute Gasteiger partial charge is 0.227 e. The Balaban J connectivity index is 1.80. The van der Waals surface area contributed by atoms with E-state index in [1.165, 1.54) is 12.0 Å². The lowest BCUT2D eigenvalue weighted by Crippen LogP contribution is -2.35. The van der Waals surface area contributed by atoms with Crippen LogP contribution in [0.1, 0.15) is 31.2 Å². The highest BCUT2D eigenvalue weighted by Crippen LogP contribution is 2.30. The molecule has 0 saturated heterocycles. The van der Waals surface area contributed by atoms with Crippen LogP contribution in [0.25, 0.3) is 0 Å². The van der Waals surface area contributed by atoms with Gasteiger partial charge in [-0.2, -0.15) is 0 Å². The Bertz CT molecular complexity index is 500. The molecule has 19 heavy (non-hydrogen) atoms. The minimum absolute atomic E-state index is 0.200. The van der Waals surface area contributed by atoms with Crippen molar-refractivity contribution in [2.24, 2.45) is 5.73 Å². The summed E-state index contributed by atoms with van der Waals surface area (Å²) < 4.78 is 0. The first-order chi connectivity index (χ1) is 9.15. The van der Waals surface area contributed by atoms with E-state index in [1.807, 2.05) is 13.1 Å². The average Bonchev–Trinajstić information content (AvgIpc) is 2.80. The van der Waals surface area contributed by atoms with Gasteiger partial charge in [0.2, 0.25) is 5.91 Å². The van der Waals surface area contributed by atoms with Gasteiger partial charge in [-0.1, -0.05) is 0 Å². The highest BCUT2D eigenvalue weighted by molar-refractivity contribution is 5.96. The number of nitrogens with zero attached hydrogens (tertiary/aromatic N) is 1. The largest absolute Gasteiger partial charge is 0.381 e. The van der Waals surface area contributed by atoms with Gasteiger partial charge in [-0.3, -0.25) is 4.79 Å². The first-order valence-corrected chi connectivity index (χ1v) is 7.07. The van der Waals surface area contributed by atoms with E-state index in [4.69, 9.17) is 5.73 Å². The van der Waals surface area contributed by atoms with E-state index in [0.717, 1.165) is 30.6 Å². The lowest BCUT2D eigenvalue weighted by Gasteiger charge is -2.27. The summed E-state index contributed by atoms with van der Waals surface area (Å²) in [4.78, 5) is 13.4. The van der Waals surface area contributed by atoms with Crippen LogP contribution in [0.15, 0.2) is 18.2 Å². The zero-order chi connectivity index (χ0) is 13.4. The predicted octanol–water partition coefficient (Wildman–Crippen LogP) is 1.89. The summed E-state index contributed by atoms with van der Waals surface area (Å²) in [5.74, 6) is 0.200. The molecule has 2 aliphatic rings. The van der Waals surface area contributed by atoms with E-state index in [9.17, 15) is 4.79 Å². The lowest BCUT2D eigenvalue weighted by molar-refractivity contribution is -0.118. The lowest BCUT2D eigenvalue weighted by atomic mass is 10.0. The van der Waals surface area contributed by atoms with Gasteiger partial charge in [0.25, 0.3) is 0 Å². The van der Waals surface area contributed by atoms with Crippen molar-refractivity contribution in [2.75, 3.05) is 17.3 Å². The monoisotopic (exact) mass is 259 g/mol. The van der Waals surface area contributed by atoms with Crippen LogP contribution in [0.5, 0.6) is 0 Å². The van der Waals surface area contributed by atoms with E-state index in [0.29, 0.717) is 12.5 Å². The molecule has 0 bridgehead atoms. The summed E-state index contributed by atoms with van der Waals surface area (Å²) in [5, 5.41) is 3.54. The van der Waals surface area contributed by atoms with Gasteiger partial charge in [-0.05, 0) is 49.4 Å². The van der Waals surface area contributed by atoms with Crippen molar-refractivity contribution in [3.8, 4) is 0 Å². The van der Waals surface area contributed by atoms with Crippen LogP contribution in [0.4, 0.5) is 11.4 Å². The van der Waals surface area contributed by atoms with Gasteiger partial charge in [0, 0.05) is 36.9 Å². The van der Waals surface area contributed by atoms with E-state index < -0.39 is 0 Å². The van der Waals surface area contributed by atoms with Gasteiger partial charge >= 0.3 is 0 Å². The predicted molar refractivity (Wildman–Crippen MR) is 77.4 cm³/mol. The number of carbonyl (C=O) groups excluding carboxylic acids is 1. The Morgan fingerprint density at radius 3 is 2.89 bits per heavy atom. The molecule has 102 valence electrons. The standard InChI is InChI=1S/C15H21N3O/c1-18-14-7-6-11(9-10(14)5-8-15(18)19)17-13-4-2-3-12(13)16/h6-7,9,12-13,17H,2-5,8,16H2,1H3. The maximum Gasteiger partial charge on any atom is 0.227 e. The third-order valence-corrected chi connectivity index (χ3v) is 4.34. The number of hydrogen-bond acceptors (Lipinski definition) is 3. The number of nitrogens with two attached hydrogens (primary N) is 1. The maximum atomic E-state index is 11.7. The Hall–Kier alpha value is -1.55. The molecule has 4 heteroatoms. The maximum absolute atomic E-state index is 11.7. The van der Waals surface area contributed by atoms with Crippen molar-refractivity contribution < 1.29 is 4.79 Å². The molecule has 1 fully saturated rings. The summed E-state index contributed by atoms with van der Waals surface area (Å²) >= 11 is 0. The minimum atomic E-state index is 0.200. The van der Waals surface area contributed by atoms with Crippen molar-refractivity contribution in [3.63, 3.8) is 0 Å². The second-order valence-electron chi connectivity index (χ2n) is 5.64. The normalized spacial score (nSPS) is 26.4. The summed E-state index contributed by atoms with van der Waals surface area (Å²) in [6.07, 6.45) is 4.91. The van der Waals surface area contributed by atoms with Gasteiger partial charge in [0.05, 0.1) is 0 Å². The quantitative estimate of drug-likeness (QED) is 0.852. The third kappa shape index (κ3) is 2.32. The van der Waals surface area contributed by atoms with Crippen molar-refractivity contribution in [2.45, 2.75) is 44.2 Å². The molecule has 1 aliphatic heterocycles. The molecule has 3 rings (SSSR count). The van der Waals surface area contributed by atoms with Gasteiger partial charge < -0.3 is 16.0 Å². The molecular weight excluding hydrogens is 238 g/mol. The number of rotatable bonds is 2. The Labute approximate surface area is 114 Å². The fraction of sp³-hybridized carbons (Fsp3) is 0.533. The van der Waals surface area contributed by atoms with E-state index >= 15 is 0 Å². The van der Waals surface area contributed by atoms with Gasteiger partial charge in [0.15, 0.2) is 0 Å². The van der Waals surface area contributed by atoms with Crippen molar-refractivity contribution in [1.82, 2.24) is 0 Å². The highest BCUT2D eigenvalue weighted by Gasteiger charge is 2.25. The number of amides is 1. The molecule has 2 unspecified atom stereocenters. The van der Waals surface area contributed by atoms with Crippen LogP contribution in [0, 0.1) is 0 Å². The van der Waals surface area contributed by atoms with Gasteiger partial charge in [-0.15, -0.1) is 0 Å². The summed E-state index contributed by atoms with van der Waals surface area (Å²) in [7, 11) is 1.85. The molecule has 4 nitrogen and oxygen atoms in total. The van der Waals surface area contributed by atoms with Crippen LogP contribution in [0.2, 0.25) is 0 Å². The fourth-order valence-corrected chi connectivity index (χ4v) is 3.13. The summed E-state index contributed by atoms with van der Waals surface area (Å²) in [6, 6.07) is 6.92. The fourth-order valence-electron chi connectivity index (χ4n) is 3.13. The summed E-state index contributed by atoms with van der Waals surface area (Å²) in [6.45, 7) is 0. The van der Waals surface area contributed by atoms with Crippen LogP contribution in [0.3, 0.4) is 0 Å². The molecule has 1 amide bonds. The SMILES string of the molecule is CN1C(=O)CCc2cc(NC3CCCC3N)ccc21. The zero-order valence-corrected chi connectivity index (χ0v) is 11.4. The molecular formula is C15H21N3O.